The van der Waals surface area contributed by atoms with Crippen molar-refractivity contribution in [2.24, 2.45) is 5.92 Å². The lowest BCUT2D eigenvalue weighted by Gasteiger charge is -2.27. The molecule has 5 nitrogen and oxygen atoms in total. The molecular weight excluding hydrogens is 300 g/mol. The molecule has 2 saturated carbocycles. The number of carbonyl (C=O) groups is 3. The minimum Gasteiger partial charge on any atom is -0.327 e. The monoisotopic (exact) mass is 318 g/mol. The Morgan fingerprint density at radius 3 is 2.64 bits per heavy atom. The number of nitrogens with one attached hydrogen (secondary N) is 1. The highest BCUT2D eigenvalue weighted by molar-refractivity contribution is 7.12. The van der Waals surface area contributed by atoms with E-state index >= 15 is 0 Å². The van der Waals surface area contributed by atoms with Crippen molar-refractivity contribution >= 4 is 29.1 Å². The van der Waals surface area contributed by atoms with Gasteiger partial charge in [-0.1, -0.05) is 0 Å². The number of rotatable bonds is 4. The zero-order valence-corrected chi connectivity index (χ0v) is 13.2. The zero-order chi connectivity index (χ0) is 15.4. The van der Waals surface area contributed by atoms with Gasteiger partial charge in [-0.3, -0.25) is 19.7 Å². The largest absolute Gasteiger partial charge is 0.327 e. The first-order valence-corrected chi connectivity index (χ1v) is 8.58. The van der Waals surface area contributed by atoms with Crippen LogP contribution in [-0.2, 0) is 14.4 Å². The van der Waals surface area contributed by atoms with Gasteiger partial charge in [-0.25, -0.2) is 0 Å². The Kier molecular flexibility index (Phi) is 3.11. The molecule has 3 atom stereocenters. The summed E-state index contributed by atoms with van der Waals surface area (Å²) >= 11 is 1.74. The van der Waals surface area contributed by atoms with Gasteiger partial charge < -0.3 is 4.90 Å². The number of nitrogens with zero attached hydrogens (tertiary/aromatic N) is 1. The van der Waals surface area contributed by atoms with Gasteiger partial charge in [-0.2, -0.15) is 0 Å². The van der Waals surface area contributed by atoms with Crippen LogP contribution in [0.2, 0.25) is 0 Å². The van der Waals surface area contributed by atoms with E-state index in [1.807, 2.05) is 0 Å². The molecule has 3 aliphatic rings. The van der Waals surface area contributed by atoms with Crippen molar-refractivity contribution in [3.8, 4) is 0 Å². The van der Waals surface area contributed by atoms with E-state index in [9.17, 15) is 14.4 Å². The van der Waals surface area contributed by atoms with E-state index in [-0.39, 0.29) is 36.1 Å². The van der Waals surface area contributed by atoms with Crippen LogP contribution in [0.5, 0.6) is 0 Å². The molecule has 0 spiro atoms. The third-order valence-electron chi connectivity index (χ3n) is 4.71. The van der Waals surface area contributed by atoms with Crippen LogP contribution in [0.3, 0.4) is 0 Å². The average Bonchev–Trinajstić information content (AvgIpc) is 3.36. The molecular formula is C16H18N2O3S. The Morgan fingerprint density at radius 2 is 2.09 bits per heavy atom. The molecule has 22 heavy (non-hydrogen) atoms. The van der Waals surface area contributed by atoms with E-state index in [1.54, 1.807) is 16.2 Å². The smallest absolute Gasteiger partial charge is 0.249 e. The highest BCUT2D eigenvalue weighted by atomic mass is 32.1. The van der Waals surface area contributed by atoms with Gasteiger partial charge in [0.2, 0.25) is 17.7 Å². The summed E-state index contributed by atoms with van der Waals surface area (Å²) in [4.78, 5) is 40.5. The Balaban J connectivity index is 1.51. The summed E-state index contributed by atoms with van der Waals surface area (Å²) in [7, 11) is 0. The number of aryl methyl sites for hydroxylation is 1. The molecule has 1 N–H and O–H groups in total. The predicted molar refractivity (Wildman–Crippen MR) is 81.3 cm³/mol. The van der Waals surface area contributed by atoms with Gasteiger partial charge in [-0.05, 0) is 38.3 Å². The van der Waals surface area contributed by atoms with Crippen molar-refractivity contribution in [2.45, 2.75) is 50.6 Å². The molecule has 0 aromatic carbocycles. The van der Waals surface area contributed by atoms with Crippen molar-refractivity contribution < 1.29 is 14.4 Å². The van der Waals surface area contributed by atoms with Gasteiger partial charge in [-0.15, -0.1) is 11.3 Å². The second-order valence-electron chi connectivity index (χ2n) is 6.51. The Morgan fingerprint density at radius 1 is 1.32 bits per heavy atom. The van der Waals surface area contributed by atoms with Gasteiger partial charge in [0, 0.05) is 27.6 Å². The van der Waals surface area contributed by atoms with Crippen LogP contribution in [0.4, 0.5) is 0 Å². The van der Waals surface area contributed by atoms with Crippen LogP contribution < -0.4 is 5.32 Å². The van der Waals surface area contributed by atoms with Crippen LogP contribution in [-0.4, -0.2) is 34.7 Å². The highest BCUT2D eigenvalue weighted by Gasteiger charge is 2.52. The maximum absolute atomic E-state index is 12.9. The lowest BCUT2D eigenvalue weighted by molar-refractivity contribution is -0.140. The number of amides is 3. The van der Waals surface area contributed by atoms with E-state index in [0.29, 0.717) is 5.92 Å². The van der Waals surface area contributed by atoms with Crippen molar-refractivity contribution in [1.82, 2.24) is 10.2 Å². The van der Waals surface area contributed by atoms with Gasteiger partial charge >= 0.3 is 0 Å². The third-order valence-corrected chi connectivity index (χ3v) is 5.84. The van der Waals surface area contributed by atoms with Crippen molar-refractivity contribution in [3.63, 3.8) is 0 Å². The Labute approximate surface area is 132 Å². The van der Waals surface area contributed by atoms with E-state index in [4.69, 9.17) is 0 Å². The quantitative estimate of drug-likeness (QED) is 0.857. The first-order chi connectivity index (χ1) is 10.5. The fraction of sp³-hybridized carbons (Fsp3) is 0.562. The molecule has 1 aromatic heterocycles. The van der Waals surface area contributed by atoms with Crippen LogP contribution in [0, 0.1) is 12.8 Å². The summed E-state index contributed by atoms with van der Waals surface area (Å²) in [5.41, 5.74) is 0. The van der Waals surface area contributed by atoms with E-state index < -0.39 is 6.04 Å². The number of hydrogen-bond donors (Lipinski definition) is 1. The molecule has 1 aromatic rings. The van der Waals surface area contributed by atoms with Gasteiger partial charge in [0.15, 0.2) is 0 Å². The molecule has 2 heterocycles. The van der Waals surface area contributed by atoms with Crippen LogP contribution >= 0.6 is 11.3 Å². The SMILES string of the molecule is Cc1ccc([C@H]2C[C@H]2C(=O)N(C2CC2)[C@@H]2CC(=O)NC2=O)s1. The number of imide groups is 1. The van der Waals surface area contributed by atoms with E-state index in [1.165, 1.54) is 9.75 Å². The third kappa shape index (κ3) is 2.35. The first-order valence-electron chi connectivity index (χ1n) is 7.77. The molecule has 0 bridgehead atoms. The van der Waals surface area contributed by atoms with E-state index in [0.717, 1.165) is 19.3 Å². The maximum atomic E-state index is 12.9. The normalized spacial score (nSPS) is 30.3. The maximum Gasteiger partial charge on any atom is 0.249 e. The average molecular weight is 318 g/mol. The molecule has 116 valence electrons. The molecule has 3 amide bonds. The lowest BCUT2D eigenvalue weighted by atomic mass is 10.1. The summed E-state index contributed by atoms with van der Waals surface area (Å²) in [6.07, 6.45) is 2.87. The zero-order valence-electron chi connectivity index (χ0n) is 12.4. The Hall–Kier alpha value is -1.69. The molecule has 3 fully saturated rings. The molecule has 0 radical (unpaired) electrons. The highest BCUT2D eigenvalue weighted by Crippen LogP contribution is 2.51. The molecule has 1 aliphatic heterocycles. The van der Waals surface area contributed by atoms with E-state index in [2.05, 4.69) is 24.4 Å². The van der Waals surface area contributed by atoms with Crippen LogP contribution in [0.1, 0.15) is 41.4 Å². The van der Waals surface area contributed by atoms with Crippen LogP contribution in [0.15, 0.2) is 12.1 Å². The van der Waals surface area contributed by atoms with Crippen molar-refractivity contribution in [1.29, 1.82) is 0 Å². The fourth-order valence-corrected chi connectivity index (χ4v) is 4.39. The van der Waals surface area contributed by atoms with Gasteiger partial charge in [0.25, 0.3) is 0 Å². The summed E-state index contributed by atoms with van der Waals surface area (Å²) in [6, 6.07) is 3.76. The summed E-state index contributed by atoms with van der Waals surface area (Å²) in [5.74, 6) is -0.229. The molecule has 1 saturated heterocycles. The second kappa shape index (κ2) is 4.91. The van der Waals surface area contributed by atoms with Crippen LogP contribution in [0.25, 0.3) is 0 Å². The number of carbonyl (C=O) groups excluding carboxylic acids is 3. The topological polar surface area (TPSA) is 66.5 Å². The summed E-state index contributed by atoms with van der Waals surface area (Å²) in [5, 5.41) is 2.32. The lowest BCUT2D eigenvalue weighted by Crippen LogP contribution is -2.46. The van der Waals surface area contributed by atoms with Gasteiger partial charge in [0.1, 0.15) is 6.04 Å². The molecule has 4 rings (SSSR count). The minimum atomic E-state index is -0.584. The molecule has 2 aliphatic carbocycles. The molecule has 6 heteroatoms. The fourth-order valence-electron chi connectivity index (χ4n) is 3.33. The molecule has 0 unspecified atom stereocenters. The summed E-state index contributed by atoms with van der Waals surface area (Å²) in [6.45, 7) is 2.07. The van der Waals surface area contributed by atoms with Crippen molar-refractivity contribution in [2.75, 3.05) is 0 Å². The second-order valence-corrected chi connectivity index (χ2v) is 7.83. The Bertz CT molecular complexity index is 664. The predicted octanol–water partition coefficient (Wildman–Crippen LogP) is 1.57. The standard InChI is InChI=1S/C16H18N2O3S/c1-8-2-5-13(22-8)10-6-11(10)16(21)18(9-3-4-9)12-7-14(19)17-15(12)20/h2,5,9-12H,3-4,6-7H2,1H3,(H,17,19,20)/t10-,11+,12+/m0/s1. The first kappa shape index (κ1) is 13.9. The van der Waals surface area contributed by atoms with Gasteiger partial charge in [0.05, 0.1) is 6.42 Å². The number of hydrogen-bond acceptors (Lipinski definition) is 4. The number of thiophene rings is 1. The summed E-state index contributed by atoms with van der Waals surface area (Å²) < 4.78 is 0. The minimum absolute atomic E-state index is 0.0119. The van der Waals surface area contributed by atoms with Crippen molar-refractivity contribution in [3.05, 3.63) is 21.9 Å².